The van der Waals surface area contributed by atoms with Crippen molar-refractivity contribution in [3.63, 3.8) is 0 Å². The summed E-state index contributed by atoms with van der Waals surface area (Å²) in [5.41, 5.74) is 9.73. The van der Waals surface area contributed by atoms with E-state index >= 15 is 0 Å². The molecule has 19 heavy (non-hydrogen) atoms. The lowest BCUT2D eigenvalue weighted by Gasteiger charge is -2.08. The first-order valence-corrected chi connectivity index (χ1v) is 6.06. The zero-order chi connectivity index (χ0) is 13.4. The summed E-state index contributed by atoms with van der Waals surface area (Å²) in [4.78, 5) is 4.64. The lowest BCUT2D eigenvalue weighted by Crippen LogP contribution is -1.97. The third kappa shape index (κ3) is 1.81. The number of benzene rings is 2. The van der Waals surface area contributed by atoms with Gasteiger partial charge in [0.15, 0.2) is 0 Å². The summed E-state index contributed by atoms with van der Waals surface area (Å²) >= 11 is 0. The first-order chi connectivity index (χ1) is 9.20. The van der Waals surface area contributed by atoms with Crippen molar-refractivity contribution >= 4 is 16.7 Å². The van der Waals surface area contributed by atoms with Crippen molar-refractivity contribution in [3.8, 4) is 17.1 Å². The molecule has 3 rings (SSSR count). The molecule has 0 atom stereocenters. The predicted octanol–water partition coefficient (Wildman–Crippen LogP) is 2.83. The molecule has 0 saturated carbocycles. The van der Waals surface area contributed by atoms with Crippen LogP contribution in [0.3, 0.4) is 0 Å². The molecule has 0 unspecified atom stereocenters. The zero-order valence-corrected chi connectivity index (χ0v) is 10.9. The third-order valence-corrected chi connectivity index (χ3v) is 3.29. The van der Waals surface area contributed by atoms with Gasteiger partial charge >= 0.3 is 0 Å². The van der Waals surface area contributed by atoms with Gasteiger partial charge in [-0.25, -0.2) is 4.98 Å². The molecule has 0 aliphatic carbocycles. The van der Waals surface area contributed by atoms with Crippen LogP contribution in [0, 0.1) is 0 Å². The van der Waals surface area contributed by atoms with Crippen molar-refractivity contribution in [2.45, 2.75) is 0 Å². The van der Waals surface area contributed by atoms with E-state index in [1.807, 2.05) is 54.1 Å². The van der Waals surface area contributed by atoms with Crippen LogP contribution in [0.15, 0.2) is 42.5 Å². The molecule has 2 aromatic carbocycles. The van der Waals surface area contributed by atoms with Gasteiger partial charge in [-0.2, -0.15) is 0 Å². The average molecular weight is 253 g/mol. The van der Waals surface area contributed by atoms with Gasteiger partial charge in [0.05, 0.1) is 18.1 Å². The SMILES string of the molecule is COc1ccc(-c2nc3ccccc3n2C)c(N)c1. The second kappa shape index (κ2) is 4.31. The smallest absolute Gasteiger partial charge is 0.142 e. The van der Waals surface area contributed by atoms with E-state index in [9.17, 15) is 0 Å². The van der Waals surface area contributed by atoms with Gasteiger partial charge in [0, 0.05) is 24.4 Å². The van der Waals surface area contributed by atoms with Crippen LogP contribution >= 0.6 is 0 Å². The molecule has 96 valence electrons. The van der Waals surface area contributed by atoms with Crippen molar-refractivity contribution in [1.29, 1.82) is 0 Å². The molecular formula is C15H15N3O. The van der Waals surface area contributed by atoms with Gasteiger partial charge in [-0.05, 0) is 24.3 Å². The average Bonchev–Trinajstić information content (AvgIpc) is 2.76. The molecule has 2 N–H and O–H groups in total. The molecule has 1 aromatic heterocycles. The quantitative estimate of drug-likeness (QED) is 0.714. The minimum absolute atomic E-state index is 0.665. The molecule has 4 heteroatoms. The van der Waals surface area contributed by atoms with Crippen LogP contribution in [0.2, 0.25) is 0 Å². The second-order valence-electron chi connectivity index (χ2n) is 4.44. The van der Waals surface area contributed by atoms with Gasteiger partial charge in [0.2, 0.25) is 0 Å². The van der Waals surface area contributed by atoms with E-state index in [2.05, 4.69) is 4.98 Å². The maximum absolute atomic E-state index is 6.09. The number of para-hydroxylation sites is 2. The topological polar surface area (TPSA) is 53.1 Å². The third-order valence-electron chi connectivity index (χ3n) is 3.29. The molecular weight excluding hydrogens is 238 g/mol. The fraction of sp³-hybridized carbons (Fsp3) is 0.133. The number of nitrogens with zero attached hydrogens (tertiary/aromatic N) is 2. The highest BCUT2D eigenvalue weighted by molar-refractivity contribution is 5.83. The van der Waals surface area contributed by atoms with Crippen LogP contribution in [0.25, 0.3) is 22.4 Å². The Morgan fingerprint density at radius 1 is 1.16 bits per heavy atom. The highest BCUT2D eigenvalue weighted by Gasteiger charge is 2.12. The summed E-state index contributed by atoms with van der Waals surface area (Å²) in [5, 5.41) is 0. The molecule has 0 fully saturated rings. The Kier molecular flexibility index (Phi) is 2.63. The number of rotatable bonds is 2. The highest BCUT2D eigenvalue weighted by atomic mass is 16.5. The molecule has 3 aromatic rings. The van der Waals surface area contributed by atoms with Crippen LogP contribution < -0.4 is 10.5 Å². The summed E-state index contributed by atoms with van der Waals surface area (Å²) in [6, 6.07) is 13.7. The van der Waals surface area contributed by atoms with Crippen LogP contribution in [-0.4, -0.2) is 16.7 Å². The minimum Gasteiger partial charge on any atom is -0.497 e. The number of nitrogens with two attached hydrogens (primary N) is 1. The van der Waals surface area contributed by atoms with Crippen LogP contribution in [0.1, 0.15) is 0 Å². The number of imidazole rings is 1. The Balaban J connectivity index is 2.21. The van der Waals surface area contributed by atoms with E-state index in [1.165, 1.54) is 0 Å². The van der Waals surface area contributed by atoms with Gasteiger partial charge in [0.25, 0.3) is 0 Å². The molecule has 0 aliphatic rings. The van der Waals surface area contributed by atoms with Crippen molar-refractivity contribution in [2.24, 2.45) is 7.05 Å². The number of aromatic nitrogens is 2. The van der Waals surface area contributed by atoms with E-state index < -0.39 is 0 Å². The summed E-state index contributed by atoms with van der Waals surface area (Å²) in [6.07, 6.45) is 0. The molecule has 0 saturated heterocycles. The molecule has 0 bridgehead atoms. The number of anilines is 1. The zero-order valence-electron chi connectivity index (χ0n) is 10.9. The fourth-order valence-corrected chi connectivity index (χ4v) is 2.26. The fourth-order valence-electron chi connectivity index (χ4n) is 2.26. The normalized spacial score (nSPS) is 10.8. The highest BCUT2D eigenvalue weighted by Crippen LogP contribution is 2.30. The lowest BCUT2D eigenvalue weighted by molar-refractivity contribution is 0.415. The summed E-state index contributed by atoms with van der Waals surface area (Å²) in [7, 11) is 3.62. The number of fused-ring (bicyclic) bond motifs is 1. The first kappa shape index (κ1) is 11.6. The molecule has 0 spiro atoms. The Labute approximate surface area is 111 Å². The van der Waals surface area contributed by atoms with Gasteiger partial charge in [-0.3, -0.25) is 0 Å². The van der Waals surface area contributed by atoms with Gasteiger partial charge in [-0.15, -0.1) is 0 Å². The van der Waals surface area contributed by atoms with E-state index in [-0.39, 0.29) is 0 Å². The van der Waals surface area contributed by atoms with E-state index in [4.69, 9.17) is 10.5 Å². The first-order valence-electron chi connectivity index (χ1n) is 6.06. The van der Waals surface area contributed by atoms with Crippen LogP contribution in [0.4, 0.5) is 5.69 Å². The summed E-state index contributed by atoms with van der Waals surface area (Å²) < 4.78 is 7.22. The molecule has 0 aliphatic heterocycles. The standard InChI is InChI=1S/C15H15N3O/c1-18-14-6-4-3-5-13(14)17-15(18)11-8-7-10(19-2)9-12(11)16/h3-9H,16H2,1-2H3. The van der Waals surface area contributed by atoms with Gasteiger partial charge in [-0.1, -0.05) is 12.1 Å². The number of aryl methyl sites for hydroxylation is 1. The van der Waals surface area contributed by atoms with Crippen LogP contribution in [-0.2, 0) is 7.05 Å². The summed E-state index contributed by atoms with van der Waals surface area (Å²) in [5.74, 6) is 1.61. The molecule has 1 heterocycles. The number of hydrogen-bond donors (Lipinski definition) is 1. The molecule has 4 nitrogen and oxygen atoms in total. The Bertz CT molecular complexity index is 746. The second-order valence-corrected chi connectivity index (χ2v) is 4.44. The van der Waals surface area contributed by atoms with Crippen molar-refractivity contribution in [2.75, 3.05) is 12.8 Å². The van der Waals surface area contributed by atoms with E-state index in [0.717, 1.165) is 28.2 Å². The van der Waals surface area contributed by atoms with Crippen molar-refractivity contribution in [3.05, 3.63) is 42.5 Å². The Morgan fingerprint density at radius 2 is 1.95 bits per heavy atom. The van der Waals surface area contributed by atoms with E-state index in [1.54, 1.807) is 7.11 Å². The Hall–Kier alpha value is -2.49. The minimum atomic E-state index is 0.665. The lowest BCUT2D eigenvalue weighted by atomic mass is 10.1. The number of nitrogen functional groups attached to an aromatic ring is 1. The van der Waals surface area contributed by atoms with Crippen LogP contribution in [0.5, 0.6) is 5.75 Å². The number of hydrogen-bond acceptors (Lipinski definition) is 3. The van der Waals surface area contributed by atoms with Gasteiger partial charge in [0.1, 0.15) is 11.6 Å². The predicted molar refractivity (Wildman–Crippen MR) is 77.1 cm³/mol. The monoisotopic (exact) mass is 253 g/mol. The summed E-state index contributed by atoms with van der Waals surface area (Å²) in [6.45, 7) is 0. The van der Waals surface area contributed by atoms with E-state index in [0.29, 0.717) is 5.69 Å². The van der Waals surface area contributed by atoms with Gasteiger partial charge < -0.3 is 15.0 Å². The maximum atomic E-state index is 6.09. The number of methoxy groups -OCH3 is 1. The molecule has 0 radical (unpaired) electrons. The Morgan fingerprint density at radius 3 is 2.63 bits per heavy atom. The largest absolute Gasteiger partial charge is 0.497 e. The van der Waals surface area contributed by atoms with Crippen molar-refractivity contribution < 1.29 is 4.74 Å². The molecule has 0 amide bonds. The number of ether oxygens (including phenoxy) is 1. The maximum Gasteiger partial charge on any atom is 0.142 e. The van der Waals surface area contributed by atoms with Crippen molar-refractivity contribution in [1.82, 2.24) is 9.55 Å².